The highest BCUT2D eigenvalue weighted by atomic mass is 16.5. The molecule has 0 unspecified atom stereocenters. The van der Waals surface area contributed by atoms with Gasteiger partial charge < -0.3 is 9.64 Å². The second kappa shape index (κ2) is 8.66. The Labute approximate surface area is 186 Å². The van der Waals surface area contributed by atoms with Crippen molar-refractivity contribution in [2.24, 2.45) is 0 Å². The third kappa shape index (κ3) is 3.98. The number of rotatable bonds is 2. The van der Waals surface area contributed by atoms with Gasteiger partial charge in [-0.2, -0.15) is 0 Å². The summed E-state index contributed by atoms with van der Waals surface area (Å²) >= 11 is 0. The first-order chi connectivity index (χ1) is 15.7. The Balaban J connectivity index is 1.42. The number of carbonyl (C=O) groups excluding carboxylic acids is 1. The number of aryl methyl sites for hydroxylation is 1. The van der Waals surface area contributed by atoms with E-state index in [1.54, 1.807) is 12.4 Å². The summed E-state index contributed by atoms with van der Waals surface area (Å²) in [7, 11) is 0. The van der Waals surface area contributed by atoms with Crippen molar-refractivity contribution < 1.29 is 9.53 Å². The molecule has 1 aliphatic rings. The molecule has 0 aliphatic carbocycles. The van der Waals surface area contributed by atoms with Crippen molar-refractivity contribution in [1.29, 1.82) is 0 Å². The third-order valence-corrected chi connectivity index (χ3v) is 5.61. The third-order valence-electron chi connectivity index (χ3n) is 5.61. The summed E-state index contributed by atoms with van der Waals surface area (Å²) in [6, 6.07) is 13.7. The average Bonchev–Trinajstić information content (AvgIpc) is 3.26. The van der Waals surface area contributed by atoms with Crippen LogP contribution in [-0.2, 0) is 4.74 Å². The van der Waals surface area contributed by atoms with E-state index in [1.807, 2.05) is 71.1 Å². The lowest BCUT2D eigenvalue weighted by Crippen LogP contribution is -2.40. The molecule has 5 rings (SSSR count). The van der Waals surface area contributed by atoms with Crippen molar-refractivity contribution in [2.75, 3.05) is 26.3 Å². The summed E-state index contributed by atoms with van der Waals surface area (Å²) in [5, 5.41) is 0. The summed E-state index contributed by atoms with van der Waals surface area (Å²) in [6.07, 6.45) is 7.37. The highest BCUT2D eigenvalue weighted by molar-refractivity contribution is 5.94. The first-order valence-corrected chi connectivity index (χ1v) is 10.6. The number of hydrogen-bond acceptors (Lipinski definition) is 4. The Bertz CT molecular complexity index is 1340. The van der Waals surface area contributed by atoms with Gasteiger partial charge in [0.2, 0.25) is 0 Å². The van der Waals surface area contributed by atoms with Gasteiger partial charge in [0.1, 0.15) is 11.3 Å². The molecule has 4 heterocycles. The van der Waals surface area contributed by atoms with Gasteiger partial charge in [0.05, 0.1) is 19.4 Å². The van der Waals surface area contributed by atoms with E-state index < -0.39 is 0 Å². The predicted octanol–water partition coefficient (Wildman–Crippen LogP) is 3.58. The summed E-state index contributed by atoms with van der Waals surface area (Å²) < 4.78 is 7.33. The fourth-order valence-electron chi connectivity index (χ4n) is 3.74. The fourth-order valence-corrected chi connectivity index (χ4v) is 3.74. The zero-order chi connectivity index (χ0) is 21.9. The summed E-state index contributed by atoms with van der Waals surface area (Å²) in [5.41, 5.74) is 6.40. The van der Waals surface area contributed by atoms with Crippen molar-refractivity contribution in [3.8, 4) is 23.0 Å². The molecule has 1 amide bonds. The van der Waals surface area contributed by atoms with Crippen LogP contribution >= 0.6 is 0 Å². The first kappa shape index (κ1) is 20.0. The molecule has 6 nitrogen and oxygen atoms in total. The molecule has 1 aromatic carbocycles. The molecule has 0 spiro atoms. The molecular weight excluding hydrogens is 400 g/mol. The number of aromatic nitrogens is 3. The van der Waals surface area contributed by atoms with Gasteiger partial charge in [0.15, 0.2) is 0 Å². The first-order valence-electron chi connectivity index (χ1n) is 10.6. The molecule has 1 aliphatic heterocycles. The minimum absolute atomic E-state index is 0.0499. The van der Waals surface area contributed by atoms with Crippen LogP contribution in [-0.4, -0.2) is 51.5 Å². The van der Waals surface area contributed by atoms with Crippen LogP contribution in [0.2, 0.25) is 0 Å². The van der Waals surface area contributed by atoms with Crippen LogP contribution < -0.4 is 0 Å². The molecule has 4 aromatic rings. The molecule has 0 saturated carbocycles. The lowest BCUT2D eigenvalue weighted by atomic mass is 10.0. The van der Waals surface area contributed by atoms with E-state index in [0.29, 0.717) is 31.9 Å². The van der Waals surface area contributed by atoms with Gasteiger partial charge >= 0.3 is 0 Å². The number of benzene rings is 1. The van der Waals surface area contributed by atoms with Crippen molar-refractivity contribution in [1.82, 2.24) is 19.3 Å². The highest BCUT2D eigenvalue weighted by Gasteiger charge is 2.18. The Morgan fingerprint density at radius 2 is 1.75 bits per heavy atom. The molecule has 0 atom stereocenters. The van der Waals surface area contributed by atoms with Crippen LogP contribution in [0.5, 0.6) is 0 Å². The van der Waals surface area contributed by atoms with E-state index in [2.05, 4.69) is 21.8 Å². The Morgan fingerprint density at radius 1 is 0.969 bits per heavy atom. The number of ether oxygens (including phenoxy) is 1. The lowest BCUT2D eigenvalue weighted by molar-refractivity contribution is 0.0303. The molecule has 0 radical (unpaired) electrons. The number of morpholine rings is 1. The van der Waals surface area contributed by atoms with Gasteiger partial charge in [0.25, 0.3) is 5.91 Å². The Morgan fingerprint density at radius 3 is 2.53 bits per heavy atom. The van der Waals surface area contributed by atoms with E-state index in [0.717, 1.165) is 33.6 Å². The normalized spacial score (nSPS) is 13.6. The maximum atomic E-state index is 12.7. The molecular formula is C26H22N4O2. The average molecular weight is 422 g/mol. The highest BCUT2D eigenvalue weighted by Crippen LogP contribution is 2.22. The van der Waals surface area contributed by atoms with Crippen LogP contribution in [0.15, 0.2) is 67.3 Å². The maximum absolute atomic E-state index is 12.7. The number of nitrogens with zero attached hydrogens (tertiary/aromatic N) is 4. The van der Waals surface area contributed by atoms with Crippen LogP contribution in [0.4, 0.5) is 0 Å². The van der Waals surface area contributed by atoms with Crippen LogP contribution in [0.1, 0.15) is 27.2 Å². The molecule has 32 heavy (non-hydrogen) atoms. The van der Waals surface area contributed by atoms with Gasteiger partial charge in [-0.1, -0.05) is 18.1 Å². The van der Waals surface area contributed by atoms with E-state index in [9.17, 15) is 4.79 Å². The van der Waals surface area contributed by atoms with Gasteiger partial charge in [-0.3, -0.25) is 14.2 Å². The minimum atomic E-state index is 0.0499. The number of amides is 1. The fraction of sp³-hybridized carbons (Fsp3) is 0.192. The van der Waals surface area contributed by atoms with Crippen molar-refractivity contribution >= 4 is 11.6 Å². The standard InChI is InChI=1S/C26H22N4O2/c1-19-16-27-11-10-20(19)6-8-24-17-28-25-9-7-23(18-30(24)25)21-2-4-22(5-3-21)26(31)29-12-14-32-15-13-29/h2-5,7,9-11,16-18H,12-15H2,1H3. The number of hydrogen-bond donors (Lipinski definition) is 0. The Hall–Kier alpha value is -3.95. The largest absolute Gasteiger partial charge is 0.378 e. The van der Waals surface area contributed by atoms with Crippen LogP contribution in [0, 0.1) is 18.8 Å². The smallest absolute Gasteiger partial charge is 0.254 e. The lowest BCUT2D eigenvalue weighted by Gasteiger charge is -2.26. The predicted molar refractivity (Wildman–Crippen MR) is 122 cm³/mol. The minimum Gasteiger partial charge on any atom is -0.378 e. The van der Waals surface area contributed by atoms with Crippen LogP contribution in [0.3, 0.4) is 0 Å². The molecule has 3 aromatic heterocycles. The summed E-state index contributed by atoms with van der Waals surface area (Å²) in [4.78, 5) is 23.1. The summed E-state index contributed by atoms with van der Waals surface area (Å²) in [5.74, 6) is 6.49. The quantitative estimate of drug-likeness (QED) is 0.464. The topological polar surface area (TPSA) is 59.7 Å². The summed E-state index contributed by atoms with van der Waals surface area (Å²) in [6.45, 7) is 4.47. The molecule has 158 valence electrons. The molecule has 6 heteroatoms. The van der Waals surface area contributed by atoms with E-state index in [-0.39, 0.29) is 5.91 Å². The number of pyridine rings is 2. The van der Waals surface area contributed by atoms with Crippen LogP contribution in [0.25, 0.3) is 16.8 Å². The number of fused-ring (bicyclic) bond motifs is 1. The number of carbonyl (C=O) groups is 1. The van der Waals surface area contributed by atoms with Crippen molar-refractivity contribution in [3.05, 3.63) is 89.6 Å². The SMILES string of the molecule is Cc1cnccc1C#Cc1cnc2ccc(-c3ccc(C(=O)N4CCOCC4)cc3)cn12. The maximum Gasteiger partial charge on any atom is 0.254 e. The van der Waals surface area contributed by atoms with Gasteiger partial charge in [-0.25, -0.2) is 4.98 Å². The molecule has 1 fully saturated rings. The monoisotopic (exact) mass is 422 g/mol. The Kier molecular flexibility index (Phi) is 5.40. The molecule has 0 bridgehead atoms. The van der Waals surface area contributed by atoms with Gasteiger partial charge in [-0.15, -0.1) is 0 Å². The van der Waals surface area contributed by atoms with Crippen molar-refractivity contribution in [2.45, 2.75) is 6.92 Å². The second-order valence-corrected chi connectivity index (χ2v) is 7.71. The van der Waals surface area contributed by atoms with E-state index in [1.165, 1.54) is 0 Å². The zero-order valence-corrected chi connectivity index (χ0v) is 17.8. The zero-order valence-electron chi connectivity index (χ0n) is 17.8. The number of imidazole rings is 1. The van der Waals surface area contributed by atoms with Gasteiger partial charge in [0, 0.05) is 42.8 Å². The molecule has 1 saturated heterocycles. The van der Waals surface area contributed by atoms with E-state index >= 15 is 0 Å². The van der Waals surface area contributed by atoms with Gasteiger partial charge in [-0.05, 0) is 59.9 Å². The van der Waals surface area contributed by atoms with E-state index in [4.69, 9.17) is 4.74 Å². The van der Waals surface area contributed by atoms with Crippen molar-refractivity contribution in [3.63, 3.8) is 0 Å². The second-order valence-electron chi connectivity index (χ2n) is 7.71. The molecule has 0 N–H and O–H groups in total.